The molecule has 0 radical (unpaired) electrons. The summed E-state index contributed by atoms with van der Waals surface area (Å²) in [7, 11) is 1.41. The second-order valence-corrected chi connectivity index (χ2v) is 5.09. The number of hydrogen-bond donors (Lipinski definition) is 4. The van der Waals surface area contributed by atoms with Crippen LogP contribution in [0.4, 0.5) is 0 Å². The van der Waals surface area contributed by atoms with Crippen molar-refractivity contribution in [2.45, 2.75) is 31.3 Å². The number of hydrogen-bond acceptors (Lipinski definition) is 5. The Bertz CT molecular complexity index is 589. The van der Waals surface area contributed by atoms with Gasteiger partial charge >= 0.3 is 0 Å². The van der Waals surface area contributed by atoms with Gasteiger partial charge in [-0.1, -0.05) is 11.6 Å². The summed E-state index contributed by atoms with van der Waals surface area (Å²) in [6.45, 7) is 1.60. The first-order chi connectivity index (χ1) is 9.43. The minimum absolute atomic E-state index is 0.164. The predicted octanol–water partition coefficient (Wildman–Crippen LogP) is 1.01. The minimum atomic E-state index is -1.42. The Morgan fingerprint density at radius 1 is 1.25 bits per heavy atom. The molecule has 2 rings (SSSR count). The Labute approximate surface area is 121 Å². The van der Waals surface area contributed by atoms with Crippen molar-refractivity contribution in [1.29, 1.82) is 0 Å². The molecule has 1 heterocycles. The highest BCUT2D eigenvalue weighted by atomic mass is 35.5. The van der Waals surface area contributed by atoms with E-state index in [0.29, 0.717) is 16.1 Å². The summed E-state index contributed by atoms with van der Waals surface area (Å²) in [5.74, 6) is 0.164. The summed E-state index contributed by atoms with van der Waals surface area (Å²) in [6.07, 6.45) is -4.61. The van der Waals surface area contributed by atoms with E-state index >= 15 is 0 Å². The topological polar surface area (TPSA) is 98.6 Å². The molecule has 0 aliphatic rings. The van der Waals surface area contributed by atoms with Crippen LogP contribution < -0.4 is 0 Å². The average Bonchev–Trinajstić information content (AvgIpc) is 2.86. The smallest absolute Gasteiger partial charge is 0.140 e. The van der Waals surface area contributed by atoms with Crippen molar-refractivity contribution in [3.8, 4) is 0 Å². The molecule has 0 saturated heterocycles. The molecular formula is C13H17ClN2O4. The van der Waals surface area contributed by atoms with E-state index in [0.717, 1.165) is 0 Å². The number of nitrogens with one attached hydrogen (secondary N) is 1. The van der Waals surface area contributed by atoms with Gasteiger partial charge in [0.1, 0.15) is 24.1 Å². The maximum atomic E-state index is 10.1. The van der Waals surface area contributed by atoms with Gasteiger partial charge in [0.15, 0.2) is 0 Å². The molecule has 6 nitrogen and oxygen atoms in total. The summed E-state index contributed by atoms with van der Waals surface area (Å²) in [5.41, 5.74) is 1.26. The lowest BCUT2D eigenvalue weighted by molar-refractivity contribution is -0.112. The Hall–Kier alpha value is -1.18. The molecule has 0 aliphatic heterocycles. The van der Waals surface area contributed by atoms with Crippen molar-refractivity contribution in [2.75, 3.05) is 7.11 Å². The largest absolute Gasteiger partial charge is 0.388 e. The Morgan fingerprint density at radius 2 is 1.95 bits per heavy atom. The van der Waals surface area contributed by atoms with Gasteiger partial charge in [0.05, 0.1) is 17.1 Å². The van der Waals surface area contributed by atoms with Gasteiger partial charge in [0, 0.05) is 12.1 Å². The van der Waals surface area contributed by atoms with Crippen LogP contribution in [0.5, 0.6) is 0 Å². The van der Waals surface area contributed by atoms with Gasteiger partial charge < -0.3 is 25.0 Å². The number of fused-ring (bicyclic) bond motifs is 1. The third-order valence-electron chi connectivity index (χ3n) is 3.27. The fraction of sp³-hybridized carbons (Fsp3) is 0.462. The molecule has 4 N–H and O–H groups in total. The number of aliphatic hydroxyl groups is 3. The molecule has 110 valence electrons. The second-order valence-electron chi connectivity index (χ2n) is 4.65. The van der Waals surface area contributed by atoms with Crippen molar-refractivity contribution in [3.05, 3.63) is 29.0 Å². The fourth-order valence-electron chi connectivity index (χ4n) is 1.90. The van der Waals surface area contributed by atoms with E-state index in [4.69, 9.17) is 16.3 Å². The number of aromatic amines is 1. The molecule has 7 heteroatoms. The lowest BCUT2D eigenvalue weighted by atomic mass is 10.0. The van der Waals surface area contributed by atoms with Crippen molar-refractivity contribution < 1.29 is 20.1 Å². The van der Waals surface area contributed by atoms with Crippen molar-refractivity contribution in [2.24, 2.45) is 0 Å². The number of H-pyrrole nitrogens is 1. The first-order valence-corrected chi connectivity index (χ1v) is 6.54. The van der Waals surface area contributed by atoms with Crippen LogP contribution in [0.3, 0.4) is 0 Å². The molecule has 0 aliphatic carbocycles. The number of benzene rings is 1. The molecular weight excluding hydrogens is 284 g/mol. The third-order valence-corrected chi connectivity index (χ3v) is 3.50. The molecule has 0 bridgehead atoms. The Kier molecular flexibility index (Phi) is 4.62. The summed E-state index contributed by atoms with van der Waals surface area (Å²) in [5, 5.41) is 30.4. The summed E-state index contributed by atoms with van der Waals surface area (Å²) in [6, 6.07) is 5.06. The first kappa shape index (κ1) is 15.2. The van der Waals surface area contributed by atoms with Gasteiger partial charge in [0.2, 0.25) is 0 Å². The SMILES string of the molecule is COC(C)[C@H](O)C(O)C(O)c1nc2cc(Cl)ccc2[nH]1. The van der Waals surface area contributed by atoms with Gasteiger partial charge in [-0.05, 0) is 25.1 Å². The van der Waals surface area contributed by atoms with Gasteiger partial charge in [-0.15, -0.1) is 0 Å². The van der Waals surface area contributed by atoms with Gasteiger partial charge in [-0.2, -0.15) is 0 Å². The molecule has 0 spiro atoms. The van der Waals surface area contributed by atoms with E-state index in [1.807, 2.05) is 0 Å². The monoisotopic (exact) mass is 300 g/mol. The number of methoxy groups -OCH3 is 1. The molecule has 20 heavy (non-hydrogen) atoms. The zero-order valence-electron chi connectivity index (χ0n) is 11.1. The third kappa shape index (κ3) is 2.94. The Balaban J connectivity index is 2.24. The summed E-state index contributed by atoms with van der Waals surface area (Å²) in [4.78, 5) is 7.04. The molecule has 1 aromatic carbocycles. The number of rotatable bonds is 5. The normalized spacial score (nSPS) is 17.9. The van der Waals surface area contributed by atoms with Crippen molar-refractivity contribution >= 4 is 22.6 Å². The highest BCUT2D eigenvalue weighted by Gasteiger charge is 2.31. The molecule has 0 amide bonds. The van der Waals surface area contributed by atoms with E-state index < -0.39 is 24.4 Å². The van der Waals surface area contributed by atoms with Crippen LogP contribution in [-0.4, -0.2) is 50.7 Å². The van der Waals surface area contributed by atoms with E-state index in [2.05, 4.69) is 9.97 Å². The maximum absolute atomic E-state index is 10.1. The summed E-state index contributed by atoms with van der Waals surface area (Å²) < 4.78 is 4.92. The zero-order chi connectivity index (χ0) is 14.9. The number of imidazole rings is 1. The number of aromatic nitrogens is 2. The number of nitrogens with zero attached hydrogens (tertiary/aromatic N) is 1. The number of ether oxygens (including phenoxy) is 1. The lowest BCUT2D eigenvalue weighted by Gasteiger charge is -2.25. The quantitative estimate of drug-likeness (QED) is 0.660. The standard InChI is InChI=1S/C13H17ClN2O4/c1-6(20-2)10(17)11(18)12(19)13-15-8-4-3-7(14)5-9(8)16-13/h3-6,10-12,17-19H,1-2H3,(H,15,16)/t6?,10-,11?,12?/m0/s1. The van der Waals surface area contributed by atoms with Gasteiger partial charge in [-0.3, -0.25) is 0 Å². The van der Waals surface area contributed by atoms with E-state index in [1.54, 1.807) is 25.1 Å². The Morgan fingerprint density at radius 3 is 2.60 bits per heavy atom. The van der Waals surface area contributed by atoms with Crippen LogP contribution in [-0.2, 0) is 4.74 Å². The molecule has 4 atom stereocenters. The van der Waals surface area contributed by atoms with Crippen LogP contribution in [0, 0.1) is 0 Å². The average molecular weight is 301 g/mol. The van der Waals surface area contributed by atoms with Crippen molar-refractivity contribution in [1.82, 2.24) is 9.97 Å². The molecule has 1 aromatic heterocycles. The summed E-state index contributed by atoms with van der Waals surface area (Å²) >= 11 is 5.86. The predicted molar refractivity (Wildman–Crippen MR) is 74.5 cm³/mol. The highest BCUT2D eigenvalue weighted by molar-refractivity contribution is 6.31. The van der Waals surface area contributed by atoms with Crippen LogP contribution in [0.1, 0.15) is 18.9 Å². The highest BCUT2D eigenvalue weighted by Crippen LogP contribution is 2.23. The van der Waals surface area contributed by atoms with Gasteiger partial charge in [-0.25, -0.2) is 4.98 Å². The molecule has 3 unspecified atom stereocenters. The second kappa shape index (κ2) is 6.07. The van der Waals surface area contributed by atoms with Crippen LogP contribution >= 0.6 is 11.6 Å². The number of halogens is 1. The van der Waals surface area contributed by atoms with Crippen LogP contribution in [0.25, 0.3) is 11.0 Å². The van der Waals surface area contributed by atoms with E-state index in [9.17, 15) is 15.3 Å². The van der Waals surface area contributed by atoms with Crippen LogP contribution in [0.2, 0.25) is 5.02 Å². The zero-order valence-corrected chi connectivity index (χ0v) is 11.9. The van der Waals surface area contributed by atoms with Gasteiger partial charge in [0.25, 0.3) is 0 Å². The molecule has 0 saturated carbocycles. The van der Waals surface area contributed by atoms with Crippen LogP contribution in [0.15, 0.2) is 18.2 Å². The van der Waals surface area contributed by atoms with E-state index in [-0.39, 0.29) is 5.82 Å². The van der Waals surface area contributed by atoms with Crippen molar-refractivity contribution in [3.63, 3.8) is 0 Å². The fourth-order valence-corrected chi connectivity index (χ4v) is 2.07. The molecule has 2 aromatic rings. The lowest BCUT2D eigenvalue weighted by Crippen LogP contribution is -2.40. The first-order valence-electron chi connectivity index (χ1n) is 6.16. The minimum Gasteiger partial charge on any atom is -0.388 e. The number of aliphatic hydroxyl groups excluding tert-OH is 3. The maximum Gasteiger partial charge on any atom is 0.140 e. The molecule has 0 fully saturated rings. The van der Waals surface area contributed by atoms with E-state index in [1.165, 1.54) is 7.11 Å².